The van der Waals surface area contributed by atoms with Crippen LogP contribution in [0.15, 0.2) is 16.8 Å². The highest BCUT2D eigenvalue weighted by molar-refractivity contribution is 6.69. The van der Waals surface area contributed by atoms with E-state index in [0.717, 1.165) is 0 Å². The molecule has 0 saturated carbocycles. The third-order valence-electron chi connectivity index (χ3n) is 1.44. The lowest BCUT2D eigenvalue weighted by Gasteiger charge is -2.11. The highest BCUT2D eigenvalue weighted by Gasteiger charge is 2.19. The van der Waals surface area contributed by atoms with Crippen LogP contribution in [0.1, 0.15) is 0 Å². The van der Waals surface area contributed by atoms with Gasteiger partial charge in [-0.3, -0.25) is 0 Å². The van der Waals surface area contributed by atoms with E-state index in [-0.39, 0.29) is 5.57 Å². The third-order valence-corrected chi connectivity index (χ3v) is 2.09. The average molecular weight is 259 g/mol. The summed E-state index contributed by atoms with van der Waals surface area (Å²) in [5, 5.41) is 3.66. The molecule has 0 aliphatic rings. The van der Waals surface area contributed by atoms with Gasteiger partial charge in [-0.2, -0.15) is 0 Å². The summed E-state index contributed by atoms with van der Waals surface area (Å²) in [4.78, 5) is 22.4. The van der Waals surface area contributed by atoms with Gasteiger partial charge < -0.3 is 14.0 Å². The Balaban J connectivity index is 4.72. The van der Waals surface area contributed by atoms with Gasteiger partial charge >= 0.3 is 11.9 Å². The zero-order chi connectivity index (χ0) is 13.5. The molecule has 0 aromatic rings. The number of rotatable bonds is 5. The first-order chi connectivity index (χ1) is 7.81. The highest BCUT2D eigenvalue weighted by Crippen LogP contribution is 2.03. The van der Waals surface area contributed by atoms with Gasteiger partial charge in [-0.15, -0.1) is 5.16 Å². The molecule has 0 heterocycles. The lowest BCUT2D eigenvalue weighted by atomic mass is 10.2. The lowest BCUT2D eigenvalue weighted by molar-refractivity contribution is -0.144. The first-order valence-electron chi connectivity index (χ1n) is 4.90. The fraction of sp³-hybridized carbons (Fsp3) is 0.500. The van der Waals surface area contributed by atoms with Crippen molar-refractivity contribution in [3.8, 4) is 0 Å². The third kappa shape index (κ3) is 6.51. The summed E-state index contributed by atoms with van der Waals surface area (Å²) in [6, 6.07) is 0. The monoisotopic (exact) mass is 259 g/mol. The van der Waals surface area contributed by atoms with E-state index in [1.54, 1.807) is 0 Å². The van der Waals surface area contributed by atoms with Crippen molar-refractivity contribution in [2.75, 3.05) is 14.2 Å². The molecule has 0 N–H and O–H groups in total. The van der Waals surface area contributed by atoms with E-state index in [1.807, 2.05) is 19.6 Å². The Kier molecular flexibility index (Phi) is 6.19. The van der Waals surface area contributed by atoms with Gasteiger partial charge in [0, 0.05) is 0 Å². The smallest absolute Gasteiger partial charge is 0.345 e. The lowest BCUT2D eigenvalue weighted by Crippen LogP contribution is -2.22. The molecular formula is C10H17NO5Si. The van der Waals surface area contributed by atoms with Crippen LogP contribution in [-0.2, 0) is 23.6 Å². The number of carbonyl (C=O) groups excluding carboxylic acids is 2. The van der Waals surface area contributed by atoms with Crippen molar-refractivity contribution in [2.45, 2.75) is 19.6 Å². The number of methoxy groups -OCH3 is 2. The van der Waals surface area contributed by atoms with Gasteiger partial charge in [0.1, 0.15) is 5.57 Å². The van der Waals surface area contributed by atoms with Crippen LogP contribution in [0.4, 0.5) is 0 Å². The second kappa shape index (κ2) is 6.84. The minimum Gasteiger partial charge on any atom is -0.465 e. The second-order valence-corrected chi connectivity index (χ2v) is 8.43. The summed E-state index contributed by atoms with van der Waals surface area (Å²) < 4.78 is 14.0. The summed E-state index contributed by atoms with van der Waals surface area (Å²) in [7, 11) is 0.591. The van der Waals surface area contributed by atoms with Crippen LogP contribution >= 0.6 is 0 Å². The maximum absolute atomic E-state index is 11.2. The Labute approximate surface area is 101 Å². The molecule has 17 heavy (non-hydrogen) atoms. The molecule has 0 aromatic carbocycles. The molecular weight excluding hydrogens is 242 g/mol. The minimum absolute atomic E-state index is 0.238. The standard InChI is InChI=1S/C10H17NO5Si/c1-14-9(12)8(10(13)15-2)6-7-11-16-17(3,4)5/h6-7H,1-5H3/b11-7-. The number of allylic oxidation sites excluding steroid dienone is 1. The Morgan fingerprint density at radius 3 is 1.88 bits per heavy atom. The van der Waals surface area contributed by atoms with E-state index >= 15 is 0 Å². The van der Waals surface area contributed by atoms with Crippen molar-refractivity contribution >= 4 is 26.5 Å². The van der Waals surface area contributed by atoms with E-state index in [2.05, 4.69) is 14.6 Å². The molecule has 0 spiro atoms. The predicted molar refractivity (Wildman–Crippen MR) is 65.0 cm³/mol. The Bertz CT molecular complexity index is 325. The molecule has 0 fully saturated rings. The Morgan fingerprint density at radius 2 is 1.53 bits per heavy atom. The maximum Gasteiger partial charge on any atom is 0.345 e. The number of oxime groups is 1. The van der Waals surface area contributed by atoms with Crippen molar-refractivity contribution in [3.63, 3.8) is 0 Å². The van der Waals surface area contributed by atoms with E-state index < -0.39 is 20.3 Å². The van der Waals surface area contributed by atoms with E-state index in [4.69, 9.17) is 4.53 Å². The van der Waals surface area contributed by atoms with Crippen LogP contribution < -0.4 is 0 Å². The van der Waals surface area contributed by atoms with Crippen LogP contribution in [0.3, 0.4) is 0 Å². The molecule has 0 aliphatic heterocycles. The summed E-state index contributed by atoms with van der Waals surface area (Å²) in [6.45, 7) is 5.86. The van der Waals surface area contributed by atoms with Crippen molar-refractivity contribution in [2.24, 2.45) is 5.16 Å². The zero-order valence-corrected chi connectivity index (χ0v) is 11.6. The normalized spacial score (nSPS) is 10.9. The molecule has 0 aliphatic carbocycles. The van der Waals surface area contributed by atoms with Crippen molar-refractivity contribution < 1.29 is 23.6 Å². The van der Waals surface area contributed by atoms with Crippen molar-refractivity contribution in [1.82, 2.24) is 0 Å². The molecule has 0 amide bonds. The Morgan fingerprint density at radius 1 is 1.06 bits per heavy atom. The number of ether oxygens (including phenoxy) is 2. The molecule has 0 aromatic heterocycles. The average Bonchev–Trinajstić information content (AvgIpc) is 2.26. The SMILES string of the molecule is COC(=O)C(=C/C=N\O[Si](C)(C)C)C(=O)OC. The number of hydrogen-bond acceptors (Lipinski definition) is 6. The summed E-state index contributed by atoms with van der Waals surface area (Å²) in [5.41, 5.74) is -0.238. The molecule has 0 bridgehead atoms. The fourth-order valence-electron chi connectivity index (χ4n) is 0.733. The van der Waals surface area contributed by atoms with Crippen LogP contribution in [0.25, 0.3) is 0 Å². The second-order valence-electron chi connectivity index (χ2n) is 4.02. The first kappa shape index (κ1) is 15.4. The Hall–Kier alpha value is -1.63. The molecule has 0 atom stereocenters. The number of carbonyl (C=O) groups is 2. The van der Waals surface area contributed by atoms with Crippen LogP contribution in [0, 0.1) is 0 Å². The van der Waals surface area contributed by atoms with E-state index in [0.29, 0.717) is 0 Å². The number of esters is 2. The molecule has 0 radical (unpaired) electrons. The quantitative estimate of drug-likeness (QED) is 0.140. The van der Waals surface area contributed by atoms with Crippen LogP contribution in [-0.4, -0.2) is 40.7 Å². The van der Waals surface area contributed by atoms with Crippen molar-refractivity contribution in [3.05, 3.63) is 11.6 Å². The molecule has 0 rings (SSSR count). The molecule has 0 saturated heterocycles. The fourth-order valence-corrected chi connectivity index (χ4v) is 1.11. The summed E-state index contributed by atoms with van der Waals surface area (Å²) in [6.07, 6.45) is 2.42. The highest BCUT2D eigenvalue weighted by atomic mass is 28.4. The summed E-state index contributed by atoms with van der Waals surface area (Å²) in [5.74, 6) is -1.56. The molecule has 6 nitrogen and oxygen atoms in total. The van der Waals surface area contributed by atoms with Gasteiger partial charge in [0.05, 0.1) is 20.4 Å². The maximum atomic E-state index is 11.2. The van der Waals surface area contributed by atoms with Gasteiger partial charge in [-0.05, 0) is 25.7 Å². The number of nitrogens with zero attached hydrogens (tertiary/aromatic N) is 1. The minimum atomic E-state index is -1.76. The van der Waals surface area contributed by atoms with Crippen LogP contribution in [0.5, 0.6) is 0 Å². The predicted octanol–water partition coefficient (Wildman–Crippen LogP) is 1.10. The van der Waals surface area contributed by atoms with Gasteiger partial charge in [-0.1, -0.05) is 0 Å². The topological polar surface area (TPSA) is 74.2 Å². The van der Waals surface area contributed by atoms with Crippen molar-refractivity contribution in [1.29, 1.82) is 0 Å². The zero-order valence-electron chi connectivity index (χ0n) is 10.6. The van der Waals surface area contributed by atoms with Gasteiger partial charge in [0.25, 0.3) is 8.32 Å². The molecule has 0 unspecified atom stereocenters. The first-order valence-corrected chi connectivity index (χ1v) is 8.31. The van der Waals surface area contributed by atoms with E-state index in [1.165, 1.54) is 26.5 Å². The van der Waals surface area contributed by atoms with Crippen LogP contribution in [0.2, 0.25) is 19.6 Å². The van der Waals surface area contributed by atoms with Gasteiger partial charge in [0.2, 0.25) is 0 Å². The van der Waals surface area contributed by atoms with E-state index in [9.17, 15) is 9.59 Å². The molecule has 7 heteroatoms. The largest absolute Gasteiger partial charge is 0.465 e. The molecule has 96 valence electrons. The van der Waals surface area contributed by atoms with Gasteiger partial charge in [0.15, 0.2) is 0 Å². The summed E-state index contributed by atoms with van der Waals surface area (Å²) >= 11 is 0. The number of hydrogen-bond donors (Lipinski definition) is 0. The van der Waals surface area contributed by atoms with Gasteiger partial charge in [-0.25, -0.2) is 9.59 Å².